The molecule has 0 unspecified atom stereocenters. The first-order valence-electron chi connectivity index (χ1n) is 10.1. The van der Waals surface area contributed by atoms with Gasteiger partial charge in [-0.05, 0) is 76.6 Å². The fourth-order valence-electron chi connectivity index (χ4n) is 3.02. The lowest BCUT2D eigenvalue weighted by Crippen LogP contribution is -2.35. The van der Waals surface area contributed by atoms with E-state index in [1.54, 1.807) is 11.0 Å². The zero-order valence-corrected chi connectivity index (χ0v) is 19.2. The normalized spacial score (nSPS) is 16.6. The van der Waals surface area contributed by atoms with Gasteiger partial charge >= 0.3 is 0 Å². The minimum atomic E-state index is -0.0368. The molecule has 30 heavy (non-hydrogen) atoms. The molecule has 2 rings (SSSR count). The first-order valence-corrected chi connectivity index (χ1v) is 10.9. The van der Waals surface area contributed by atoms with Crippen LogP contribution in [0.25, 0.3) is 6.08 Å². The second-order valence-electron chi connectivity index (χ2n) is 7.31. The number of amidine groups is 1. The maximum absolute atomic E-state index is 13.0. The number of carbonyl (C=O) groups is 1. The molecule has 160 valence electrons. The zero-order valence-electron chi connectivity index (χ0n) is 18.4. The average Bonchev–Trinajstić information content (AvgIpc) is 2.96. The highest BCUT2D eigenvalue weighted by Crippen LogP contribution is 2.38. The van der Waals surface area contributed by atoms with Gasteiger partial charge < -0.3 is 9.47 Å². The molecule has 0 atom stereocenters. The number of nitrogens with zero attached hydrogens (tertiary/aromatic N) is 2. The van der Waals surface area contributed by atoms with E-state index in [9.17, 15) is 4.79 Å². The second-order valence-corrected chi connectivity index (χ2v) is 8.32. The molecule has 1 aromatic carbocycles. The van der Waals surface area contributed by atoms with Crippen LogP contribution in [0.5, 0.6) is 11.5 Å². The van der Waals surface area contributed by atoms with E-state index in [4.69, 9.17) is 15.9 Å². The van der Waals surface area contributed by atoms with Crippen LogP contribution in [0, 0.1) is 12.3 Å². The maximum atomic E-state index is 13.0. The molecular formula is C24H30N2O3S. The van der Waals surface area contributed by atoms with Crippen molar-refractivity contribution < 1.29 is 14.3 Å². The summed E-state index contributed by atoms with van der Waals surface area (Å²) < 4.78 is 11.6. The van der Waals surface area contributed by atoms with E-state index in [0.717, 1.165) is 16.3 Å². The van der Waals surface area contributed by atoms with Gasteiger partial charge in [-0.25, -0.2) is 0 Å². The summed E-state index contributed by atoms with van der Waals surface area (Å²) in [7, 11) is 0. The van der Waals surface area contributed by atoms with Crippen molar-refractivity contribution in [3.63, 3.8) is 0 Å². The third-order valence-electron chi connectivity index (χ3n) is 4.14. The Morgan fingerprint density at radius 3 is 2.60 bits per heavy atom. The Bertz CT molecular complexity index is 894. The maximum Gasteiger partial charge on any atom is 0.266 e. The number of aliphatic imine (C=N–C) groups is 1. The first-order chi connectivity index (χ1) is 14.3. The van der Waals surface area contributed by atoms with Gasteiger partial charge in [-0.1, -0.05) is 12.0 Å². The number of hydrogen-bond acceptors (Lipinski definition) is 5. The third kappa shape index (κ3) is 5.70. The minimum absolute atomic E-state index is 0.0308. The molecule has 1 heterocycles. The standard InChI is InChI=1S/C24H30N2O3S/c1-8-11-19-13-18(14-20(28-10-3)22(19)29-12-9-2)15-21-23(27)26(17(6)7)24(30-21)25-16(4)5/h2,8,13-17H,1,10-12H2,3-7H3/b21-15+,25-24?. The SMILES string of the molecule is C#CCOc1c(CC=C)cc(/C=C2/SC(=NC(C)C)N(C(C)C)C2=O)cc1OCC. The van der Waals surface area contributed by atoms with Gasteiger partial charge in [-0.3, -0.25) is 14.7 Å². The van der Waals surface area contributed by atoms with Gasteiger partial charge in [-0.2, -0.15) is 0 Å². The molecule has 1 aliphatic rings. The van der Waals surface area contributed by atoms with Crippen LogP contribution in [0.3, 0.4) is 0 Å². The predicted molar refractivity (Wildman–Crippen MR) is 126 cm³/mol. The summed E-state index contributed by atoms with van der Waals surface area (Å²) in [4.78, 5) is 20.0. The molecule has 0 bridgehead atoms. The van der Waals surface area contributed by atoms with Crippen LogP contribution >= 0.6 is 11.8 Å². The van der Waals surface area contributed by atoms with Crippen molar-refractivity contribution in [1.29, 1.82) is 0 Å². The highest BCUT2D eigenvalue weighted by atomic mass is 32.2. The van der Waals surface area contributed by atoms with Crippen LogP contribution in [0.2, 0.25) is 0 Å². The number of amides is 1. The van der Waals surface area contributed by atoms with Crippen molar-refractivity contribution in [1.82, 2.24) is 4.90 Å². The molecule has 1 aromatic rings. The zero-order chi connectivity index (χ0) is 22.3. The van der Waals surface area contributed by atoms with Gasteiger partial charge in [0, 0.05) is 17.6 Å². The van der Waals surface area contributed by atoms with Crippen molar-refractivity contribution in [2.75, 3.05) is 13.2 Å². The summed E-state index contributed by atoms with van der Waals surface area (Å²) in [6, 6.07) is 3.99. The minimum Gasteiger partial charge on any atom is -0.490 e. The van der Waals surface area contributed by atoms with Crippen molar-refractivity contribution >= 4 is 28.9 Å². The topological polar surface area (TPSA) is 51.1 Å². The van der Waals surface area contributed by atoms with Crippen LogP contribution < -0.4 is 9.47 Å². The molecule has 1 saturated heterocycles. The van der Waals surface area contributed by atoms with Gasteiger partial charge in [-0.15, -0.1) is 13.0 Å². The summed E-state index contributed by atoms with van der Waals surface area (Å²) in [5.41, 5.74) is 1.76. The molecule has 1 aliphatic heterocycles. The van der Waals surface area contributed by atoms with E-state index in [1.807, 2.05) is 52.8 Å². The molecule has 0 radical (unpaired) electrons. The first kappa shape index (κ1) is 23.6. The molecule has 1 amide bonds. The highest BCUT2D eigenvalue weighted by molar-refractivity contribution is 8.18. The van der Waals surface area contributed by atoms with Crippen molar-refractivity contribution in [2.24, 2.45) is 4.99 Å². The monoisotopic (exact) mass is 426 g/mol. The van der Waals surface area contributed by atoms with E-state index in [0.29, 0.717) is 29.4 Å². The van der Waals surface area contributed by atoms with Gasteiger partial charge in [0.2, 0.25) is 0 Å². The quantitative estimate of drug-likeness (QED) is 0.320. The number of carbonyl (C=O) groups excluding carboxylic acids is 1. The number of benzene rings is 1. The van der Waals surface area contributed by atoms with Crippen LogP contribution in [0.1, 0.15) is 45.7 Å². The van der Waals surface area contributed by atoms with Crippen molar-refractivity contribution in [3.05, 3.63) is 40.8 Å². The third-order valence-corrected chi connectivity index (χ3v) is 5.13. The molecule has 0 saturated carbocycles. The van der Waals surface area contributed by atoms with Crippen LogP contribution in [-0.4, -0.2) is 41.3 Å². The Morgan fingerprint density at radius 2 is 2.03 bits per heavy atom. The van der Waals surface area contributed by atoms with E-state index in [-0.39, 0.29) is 24.6 Å². The van der Waals surface area contributed by atoms with E-state index < -0.39 is 0 Å². The van der Waals surface area contributed by atoms with Gasteiger partial charge in [0.05, 0.1) is 11.5 Å². The molecule has 0 aliphatic carbocycles. The molecule has 0 aromatic heterocycles. The largest absolute Gasteiger partial charge is 0.490 e. The lowest BCUT2D eigenvalue weighted by atomic mass is 10.0. The highest BCUT2D eigenvalue weighted by Gasteiger charge is 2.35. The van der Waals surface area contributed by atoms with E-state index in [1.165, 1.54) is 11.8 Å². The van der Waals surface area contributed by atoms with Gasteiger partial charge in [0.1, 0.15) is 6.61 Å². The fourth-order valence-corrected chi connectivity index (χ4v) is 4.25. The number of rotatable bonds is 9. The molecular weight excluding hydrogens is 396 g/mol. The Hall–Kier alpha value is -2.65. The Balaban J connectivity index is 2.52. The van der Waals surface area contributed by atoms with Gasteiger partial charge in [0.25, 0.3) is 5.91 Å². The molecule has 5 nitrogen and oxygen atoms in total. The number of ether oxygens (including phenoxy) is 2. The summed E-state index contributed by atoms with van der Waals surface area (Å²) in [5.74, 6) is 3.67. The molecule has 0 spiro atoms. The second kappa shape index (κ2) is 10.9. The summed E-state index contributed by atoms with van der Waals surface area (Å²) in [6.07, 6.45) is 9.64. The number of hydrogen-bond donors (Lipinski definition) is 0. The fraction of sp³-hybridized carbons (Fsp3) is 0.417. The molecule has 6 heteroatoms. The Kier molecular flexibility index (Phi) is 8.61. The van der Waals surface area contributed by atoms with Crippen molar-refractivity contribution in [3.8, 4) is 23.8 Å². The Morgan fingerprint density at radius 1 is 1.30 bits per heavy atom. The summed E-state index contributed by atoms with van der Waals surface area (Å²) in [5, 5.41) is 0.738. The smallest absolute Gasteiger partial charge is 0.266 e. The molecule has 0 N–H and O–H groups in total. The lowest BCUT2D eigenvalue weighted by molar-refractivity contribution is -0.123. The van der Waals surface area contributed by atoms with Crippen LogP contribution in [-0.2, 0) is 11.2 Å². The van der Waals surface area contributed by atoms with E-state index >= 15 is 0 Å². The average molecular weight is 427 g/mol. The van der Waals surface area contributed by atoms with Gasteiger partial charge in [0.15, 0.2) is 16.7 Å². The molecule has 1 fully saturated rings. The van der Waals surface area contributed by atoms with Crippen LogP contribution in [0.4, 0.5) is 0 Å². The lowest BCUT2D eigenvalue weighted by Gasteiger charge is -2.20. The number of thioether (sulfide) groups is 1. The van der Waals surface area contributed by atoms with Crippen molar-refractivity contribution in [2.45, 2.75) is 53.1 Å². The summed E-state index contributed by atoms with van der Waals surface area (Å²) in [6.45, 7) is 14.4. The van der Waals surface area contributed by atoms with E-state index in [2.05, 4.69) is 17.5 Å². The van der Waals surface area contributed by atoms with Crippen LogP contribution in [0.15, 0.2) is 34.7 Å². The predicted octanol–water partition coefficient (Wildman–Crippen LogP) is 4.91. The summed E-state index contributed by atoms with van der Waals surface area (Å²) >= 11 is 1.40. The number of terminal acetylenes is 1. The number of allylic oxidation sites excluding steroid dienone is 1. The Labute approximate surface area is 184 Å².